The molecule has 0 aliphatic carbocycles. The Labute approximate surface area is 199 Å². The molecule has 0 aliphatic heterocycles. The molecule has 0 aliphatic rings. The Kier molecular flexibility index (Phi) is 7.43. The summed E-state index contributed by atoms with van der Waals surface area (Å²) in [5.41, 5.74) is -0.608. The second-order valence-electron chi connectivity index (χ2n) is 7.46. The fourth-order valence-electron chi connectivity index (χ4n) is 3.13. The summed E-state index contributed by atoms with van der Waals surface area (Å²) in [5, 5.41) is 7.96. The molecule has 0 saturated carbocycles. The van der Waals surface area contributed by atoms with E-state index in [2.05, 4.69) is 25.9 Å². The normalized spacial score (nSPS) is 10.9. The standard InChI is InChI=1S/C23H23F3N6O3/c1-27-21(33)20-16(6-5-9-28-20)30-17-11-19(29-12-14(17)23(24,25)26)31-15-8-7-13(10-18(15)35-4)22(34)32(2)3/h5-12H,1-4H3,(H,27,33)(H2,29,30,31). The number of carbonyl (C=O) groups excluding carboxylic acids is 2. The van der Waals surface area contributed by atoms with E-state index >= 15 is 0 Å². The van der Waals surface area contributed by atoms with Crippen LogP contribution in [0.1, 0.15) is 26.4 Å². The minimum Gasteiger partial charge on any atom is -0.495 e. The lowest BCUT2D eigenvalue weighted by atomic mass is 10.1. The summed E-state index contributed by atoms with van der Waals surface area (Å²) in [5.74, 6) is -0.442. The smallest absolute Gasteiger partial charge is 0.419 e. The number of nitrogens with zero attached hydrogens (tertiary/aromatic N) is 3. The molecular formula is C23H23F3N6O3. The van der Waals surface area contributed by atoms with E-state index in [-0.39, 0.29) is 28.8 Å². The molecule has 12 heteroatoms. The highest BCUT2D eigenvalue weighted by Crippen LogP contribution is 2.38. The number of pyridine rings is 2. The number of aromatic nitrogens is 2. The van der Waals surface area contributed by atoms with Gasteiger partial charge in [0.1, 0.15) is 11.6 Å². The van der Waals surface area contributed by atoms with Crippen molar-refractivity contribution in [2.45, 2.75) is 6.18 Å². The van der Waals surface area contributed by atoms with Crippen LogP contribution in [0, 0.1) is 0 Å². The zero-order chi connectivity index (χ0) is 25.8. The topological polar surface area (TPSA) is 108 Å². The molecule has 3 rings (SSSR count). The fourth-order valence-corrected chi connectivity index (χ4v) is 3.13. The van der Waals surface area contributed by atoms with Crippen molar-refractivity contribution in [3.63, 3.8) is 0 Å². The van der Waals surface area contributed by atoms with Crippen LogP contribution in [0.3, 0.4) is 0 Å². The maximum atomic E-state index is 13.7. The number of alkyl halides is 3. The first kappa shape index (κ1) is 25.3. The van der Waals surface area contributed by atoms with Crippen LogP contribution in [0.4, 0.5) is 36.1 Å². The summed E-state index contributed by atoms with van der Waals surface area (Å²) in [7, 11) is 6.01. The summed E-state index contributed by atoms with van der Waals surface area (Å²) in [6.07, 6.45) is -2.68. The van der Waals surface area contributed by atoms with E-state index in [4.69, 9.17) is 4.74 Å². The Hall–Kier alpha value is -4.35. The number of benzene rings is 1. The monoisotopic (exact) mass is 488 g/mol. The Morgan fingerprint density at radius 1 is 1.00 bits per heavy atom. The number of amides is 2. The van der Waals surface area contributed by atoms with Gasteiger partial charge >= 0.3 is 6.18 Å². The average Bonchev–Trinajstić information content (AvgIpc) is 2.83. The van der Waals surface area contributed by atoms with Crippen molar-refractivity contribution in [1.82, 2.24) is 20.2 Å². The summed E-state index contributed by atoms with van der Waals surface area (Å²) in [6, 6.07) is 8.72. The van der Waals surface area contributed by atoms with Gasteiger partial charge < -0.3 is 25.6 Å². The van der Waals surface area contributed by atoms with Crippen LogP contribution in [0.2, 0.25) is 0 Å². The van der Waals surface area contributed by atoms with Crippen molar-refractivity contribution in [2.24, 2.45) is 0 Å². The largest absolute Gasteiger partial charge is 0.495 e. The second kappa shape index (κ2) is 10.3. The first-order valence-corrected chi connectivity index (χ1v) is 10.2. The summed E-state index contributed by atoms with van der Waals surface area (Å²) in [4.78, 5) is 33.6. The van der Waals surface area contributed by atoms with Gasteiger partial charge in [-0.1, -0.05) is 0 Å². The quantitative estimate of drug-likeness (QED) is 0.460. The van der Waals surface area contributed by atoms with Crippen molar-refractivity contribution in [3.8, 4) is 5.75 Å². The van der Waals surface area contributed by atoms with Gasteiger partial charge in [0.05, 0.1) is 29.7 Å². The molecule has 0 atom stereocenters. The van der Waals surface area contributed by atoms with E-state index in [0.29, 0.717) is 23.2 Å². The van der Waals surface area contributed by atoms with Gasteiger partial charge in [-0.3, -0.25) is 9.59 Å². The molecule has 2 amide bonds. The van der Waals surface area contributed by atoms with Gasteiger partial charge in [0.2, 0.25) is 0 Å². The molecule has 0 saturated heterocycles. The van der Waals surface area contributed by atoms with Crippen LogP contribution < -0.4 is 20.7 Å². The number of anilines is 4. The van der Waals surface area contributed by atoms with Crippen LogP contribution in [0.5, 0.6) is 5.75 Å². The molecule has 2 aromatic heterocycles. The number of methoxy groups -OCH3 is 1. The van der Waals surface area contributed by atoms with Gasteiger partial charge in [-0.15, -0.1) is 0 Å². The van der Waals surface area contributed by atoms with Crippen LogP contribution in [-0.2, 0) is 6.18 Å². The number of carbonyl (C=O) groups is 2. The van der Waals surface area contributed by atoms with E-state index in [0.717, 1.165) is 6.07 Å². The zero-order valence-corrected chi connectivity index (χ0v) is 19.3. The predicted molar refractivity (Wildman–Crippen MR) is 124 cm³/mol. The number of halogens is 3. The molecule has 2 heterocycles. The molecule has 3 aromatic rings. The Morgan fingerprint density at radius 3 is 2.37 bits per heavy atom. The third-order valence-corrected chi connectivity index (χ3v) is 4.85. The lowest BCUT2D eigenvalue weighted by Gasteiger charge is -2.18. The summed E-state index contributed by atoms with van der Waals surface area (Å²) >= 11 is 0. The molecule has 3 N–H and O–H groups in total. The second-order valence-corrected chi connectivity index (χ2v) is 7.46. The van der Waals surface area contributed by atoms with Crippen molar-refractivity contribution in [3.05, 3.63) is 65.6 Å². The van der Waals surface area contributed by atoms with Gasteiger partial charge in [0.25, 0.3) is 11.8 Å². The maximum absolute atomic E-state index is 13.7. The van der Waals surface area contributed by atoms with Crippen LogP contribution in [-0.4, -0.2) is 54.9 Å². The van der Waals surface area contributed by atoms with E-state index < -0.39 is 17.6 Å². The molecule has 0 fully saturated rings. The predicted octanol–water partition coefficient (Wildman–Crippen LogP) is 4.05. The summed E-state index contributed by atoms with van der Waals surface area (Å²) < 4.78 is 46.4. The highest BCUT2D eigenvalue weighted by molar-refractivity contribution is 5.98. The van der Waals surface area contributed by atoms with Crippen molar-refractivity contribution < 1.29 is 27.5 Å². The third-order valence-electron chi connectivity index (χ3n) is 4.85. The van der Waals surface area contributed by atoms with E-state index in [9.17, 15) is 22.8 Å². The Balaban J connectivity index is 2.00. The van der Waals surface area contributed by atoms with Crippen LogP contribution in [0.15, 0.2) is 48.8 Å². The molecular weight excluding hydrogens is 465 g/mol. The number of nitrogens with one attached hydrogen (secondary N) is 3. The molecule has 0 radical (unpaired) electrons. The molecule has 1 aromatic carbocycles. The van der Waals surface area contributed by atoms with E-state index in [1.807, 2.05) is 0 Å². The molecule has 0 spiro atoms. The SMILES string of the molecule is CNC(=O)c1ncccc1Nc1cc(Nc2ccc(C(=O)N(C)C)cc2OC)ncc1C(F)(F)F. The van der Waals surface area contributed by atoms with Gasteiger partial charge in [0.15, 0.2) is 5.69 Å². The van der Waals surface area contributed by atoms with Crippen LogP contribution in [0.25, 0.3) is 0 Å². The number of hydrogen-bond donors (Lipinski definition) is 3. The zero-order valence-electron chi connectivity index (χ0n) is 19.3. The Morgan fingerprint density at radius 2 is 1.74 bits per heavy atom. The Bertz CT molecular complexity index is 1250. The summed E-state index contributed by atoms with van der Waals surface area (Å²) in [6.45, 7) is 0. The number of rotatable bonds is 7. The maximum Gasteiger partial charge on any atom is 0.419 e. The first-order valence-electron chi connectivity index (χ1n) is 10.2. The molecule has 184 valence electrons. The third kappa shape index (κ3) is 5.78. The average molecular weight is 488 g/mol. The van der Waals surface area contributed by atoms with Crippen molar-refractivity contribution in [1.29, 1.82) is 0 Å². The first-order chi connectivity index (χ1) is 16.5. The molecule has 9 nitrogen and oxygen atoms in total. The number of ether oxygens (including phenoxy) is 1. The fraction of sp³-hybridized carbons (Fsp3) is 0.217. The van der Waals surface area contributed by atoms with Crippen molar-refractivity contribution >= 4 is 34.7 Å². The van der Waals surface area contributed by atoms with E-state index in [1.54, 1.807) is 26.2 Å². The lowest BCUT2D eigenvalue weighted by molar-refractivity contribution is -0.137. The molecule has 0 unspecified atom stereocenters. The number of hydrogen-bond acceptors (Lipinski definition) is 7. The van der Waals surface area contributed by atoms with Gasteiger partial charge in [-0.25, -0.2) is 9.97 Å². The van der Waals surface area contributed by atoms with Gasteiger partial charge in [-0.2, -0.15) is 13.2 Å². The molecule has 0 bridgehead atoms. The van der Waals surface area contributed by atoms with Crippen molar-refractivity contribution in [2.75, 3.05) is 38.9 Å². The lowest BCUT2D eigenvalue weighted by Crippen LogP contribution is -2.21. The van der Waals surface area contributed by atoms with Gasteiger partial charge in [-0.05, 0) is 30.3 Å². The van der Waals surface area contributed by atoms with Crippen LogP contribution >= 0.6 is 0 Å². The van der Waals surface area contributed by atoms with E-state index in [1.165, 1.54) is 43.5 Å². The minimum absolute atomic E-state index is 0.0656. The minimum atomic E-state index is -4.71. The highest BCUT2D eigenvalue weighted by Gasteiger charge is 2.34. The van der Waals surface area contributed by atoms with Gasteiger partial charge in [0, 0.05) is 45.2 Å². The highest BCUT2D eigenvalue weighted by atomic mass is 19.4. The molecule has 35 heavy (non-hydrogen) atoms.